The van der Waals surface area contributed by atoms with Gasteiger partial charge < -0.3 is 5.73 Å². The highest BCUT2D eigenvalue weighted by molar-refractivity contribution is 5.82. The minimum Gasteiger partial charge on any atom is -0.326 e. The molecule has 4 nitrogen and oxygen atoms in total. The minimum absolute atomic E-state index is 0.0669. The largest absolute Gasteiger partial charge is 0.326 e. The van der Waals surface area contributed by atoms with Gasteiger partial charge in [0.2, 0.25) is 0 Å². The molecule has 1 aromatic heterocycles. The predicted molar refractivity (Wildman–Crippen MR) is 69.9 cm³/mol. The number of fused-ring (bicyclic) bond motifs is 1. The molecule has 0 spiro atoms. The molecule has 0 saturated carbocycles. The molecule has 0 saturated heterocycles. The molecule has 17 heavy (non-hydrogen) atoms. The second-order valence-electron chi connectivity index (χ2n) is 4.82. The van der Waals surface area contributed by atoms with Crippen LogP contribution in [0.25, 0.3) is 10.9 Å². The smallest absolute Gasteiger partial charge is 0.274 e. The van der Waals surface area contributed by atoms with Crippen molar-refractivity contribution >= 4 is 10.9 Å². The van der Waals surface area contributed by atoms with Crippen LogP contribution in [0, 0.1) is 5.92 Å². The number of benzene rings is 1. The summed E-state index contributed by atoms with van der Waals surface area (Å²) in [6, 6.07) is 5.83. The Kier molecular flexibility index (Phi) is 3.07. The molecule has 0 atom stereocenters. The molecule has 0 amide bonds. The Bertz CT molecular complexity index is 592. The first-order valence-corrected chi connectivity index (χ1v) is 5.93. The van der Waals surface area contributed by atoms with Crippen LogP contribution < -0.4 is 11.3 Å². The van der Waals surface area contributed by atoms with Gasteiger partial charge >= 0.3 is 0 Å². The lowest BCUT2D eigenvalue weighted by Gasteiger charge is -2.09. The maximum absolute atomic E-state index is 12.4. The average molecular weight is 233 g/mol. The molecule has 2 aromatic rings. The molecule has 0 aliphatic carbocycles. The quantitative estimate of drug-likeness (QED) is 0.872. The number of aryl methyl sites for hydroxylation is 1. The summed E-state index contributed by atoms with van der Waals surface area (Å²) in [4.78, 5) is 12.4. The highest BCUT2D eigenvalue weighted by Crippen LogP contribution is 2.15. The molecule has 0 fully saturated rings. The highest BCUT2D eigenvalue weighted by atomic mass is 16.1. The van der Waals surface area contributed by atoms with E-state index in [0.717, 1.165) is 23.0 Å². The molecule has 2 rings (SSSR count). The van der Waals surface area contributed by atoms with E-state index in [1.165, 1.54) is 0 Å². The van der Waals surface area contributed by atoms with Gasteiger partial charge in [0.05, 0.1) is 10.9 Å². The first-order valence-electron chi connectivity index (χ1n) is 5.93. The molecule has 0 unspecified atom stereocenters. The van der Waals surface area contributed by atoms with Crippen LogP contribution in [0.15, 0.2) is 23.0 Å². The predicted octanol–water partition coefficient (Wildman–Crippen LogP) is 1.45. The zero-order chi connectivity index (χ0) is 12.6. The normalized spacial score (nSPS) is 11.6. The van der Waals surface area contributed by atoms with Gasteiger partial charge in [-0.05, 0) is 17.5 Å². The van der Waals surface area contributed by atoms with E-state index in [9.17, 15) is 4.79 Å². The van der Waals surface area contributed by atoms with Gasteiger partial charge in [0.25, 0.3) is 5.56 Å². The number of hydrogen-bond donors (Lipinski definition) is 1. The van der Waals surface area contributed by atoms with E-state index in [4.69, 9.17) is 5.73 Å². The maximum atomic E-state index is 12.4. The summed E-state index contributed by atoms with van der Waals surface area (Å²) in [5, 5.41) is 0.762. The zero-order valence-electron chi connectivity index (χ0n) is 10.6. The second kappa shape index (κ2) is 4.37. The molecule has 0 bridgehead atoms. The third-order valence-electron chi connectivity index (χ3n) is 3.05. The van der Waals surface area contributed by atoms with Crippen LogP contribution >= 0.6 is 0 Å². The van der Waals surface area contributed by atoms with E-state index >= 15 is 0 Å². The summed E-state index contributed by atoms with van der Waals surface area (Å²) in [5.41, 5.74) is 7.63. The van der Waals surface area contributed by atoms with E-state index in [2.05, 4.69) is 13.8 Å². The van der Waals surface area contributed by atoms with Crippen molar-refractivity contribution in [1.29, 1.82) is 0 Å². The van der Waals surface area contributed by atoms with E-state index < -0.39 is 0 Å². The van der Waals surface area contributed by atoms with Crippen molar-refractivity contribution in [2.45, 2.75) is 26.9 Å². The number of rotatable bonds is 3. The molecule has 1 heterocycles. The van der Waals surface area contributed by atoms with E-state index in [0.29, 0.717) is 12.5 Å². The van der Waals surface area contributed by atoms with Gasteiger partial charge in [-0.1, -0.05) is 26.0 Å². The first-order chi connectivity index (χ1) is 8.06. The van der Waals surface area contributed by atoms with E-state index in [-0.39, 0.29) is 5.56 Å². The lowest BCUT2D eigenvalue weighted by atomic mass is 10.1. The molecular formula is C13H19N3O. The molecule has 4 heteroatoms. The van der Waals surface area contributed by atoms with Gasteiger partial charge in [0, 0.05) is 20.1 Å². The summed E-state index contributed by atoms with van der Waals surface area (Å²) in [7, 11) is 1.92. The van der Waals surface area contributed by atoms with E-state index in [1.807, 2.05) is 29.9 Å². The number of hydrogen-bond acceptors (Lipinski definition) is 2. The molecule has 0 aliphatic rings. The van der Waals surface area contributed by atoms with Crippen molar-refractivity contribution in [3.05, 3.63) is 34.1 Å². The van der Waals surface area contributed by atoms with Crippen molar-refractivity contribution in [2.75, 3.05) is 0 Å². The molecular weight excluding hydrogens is 214 g/mol. The fraction of sp³-hybridized carbons (Fsp3) is 0.462. The van der Waals surface area contributed by atoms with Crippen molar-refractivity contribution in [1.82, 2.24) is 9.36 Å². The Labute approximate surface area is 101 Å². The van der Waals surface area contributed by atoms with Gasteiger partial charge in [-0.3, -0.25) is 9.48 Å². The van der Waals surface area contributed by atoms with Gasteiger partial charge in [-0.15, -0.1) is 0 Å². The maximum Gasteiger partial charge on any atom is 0.274 e. The van der Waals surface area contributed by atoms with E-state index in [1.54, 1.807) is 4.68 Å². The standard InChI is InChI=1S/C13H19N3O/c1-9(2)8-16-13(17)12-10(7-14)5-4-6-11(12)15(16)3/h4-6,9H,7-8,14H2,1-3H3. The minimum atomic E-state index is 0.0669. The average Bonchev–Trinajstić information content (AvgIpc) is 2.54. The molecule has 0 aliphatic heterocycles. The van der Waals surface area contributed by atoms with Crippen LogP contribution in [-0.2, 0) is 20.1 Å². The Morgan fingerprint density at radius 2 is 2.06 bits per heavy atom. The van der Waals surface area contributed by atoms with Crippen LogP contribution in [0.1, 0.15) is 19.4 Å². The van der Waals surface area contributed by atoms with Crippen LogP contribution in [0.2, 0.25) is 0 Å². The fourth-order valence-electron chi connectivity index (χ4n) is 2.22. The summed E-state index contributed by atoms with van der Waals surface area (Å²) in [6.07, 6.45) is 0. The van der Waals surface area contributed by atoms with Crippen molar-refractivity contribution < 1.29 is 0 Å². The van der Waals surface area contributed by atoms with Crippen molar-refractivity contribution in [3.63, 3.8) is 0 Å². The number of nitrogens with two attached hydrogens (primary N) is 1. The Morgan fingerprint density at radius 1 is 1.35 bits per heavy atom. The third kappa shape index (κ3) is 1.89. The summed E-state index contributed by atoms with van der Waals surface area (Å²) >= 11 is 0. The molecule has 92 valence electrons. The van der Waals surface area contributed by atoms with Gasteiger partial charge in [0.1, 0.15) is 0 Å². The second-order valence-corrected chi connectivity index (χ2v) is 4.82. The highest BCUT2D eigenvalue weighted by Gasteiger charge is 2.13. The number of aromatic nitrogens is 2. The summed E-state index contributed by atoms with van der Waals surface area (Å²) in [5.74, 6) is 0.442. The molecule has 0 radical (unpaired) electrons. The molecule has 2 N–H and O–H groups in total. The lowest BCUT2D eigenvalue weighted by Crippen LogP contribution is -2.24. The van der Waals surface area contributed by atoms with Gasteiger partial charge in [-0.25, -0.2) is 4.68 Å². The number of nitrogens with zero attached hydrogens (tertiary/aromatic N) is 2. The Balaban J connectivity index is 2.76. The summed E-state index contributed by atoms with van der Waals surface area (Å²) in [6.45, 7) is 5.34. The van der Waals surface area contributed by atoms with Crippen molar-refractivity contribution in [3.8, 4) is 0 Å². The summed E-state index contributed by atoms with van der Waals surface area (Å²) < 4.78 is 3.71. The third-order valence-corrected chi connectivity index (χ3v) is 3.05. The van der Waals surface area contributed by atoms with Crippen molar-refractivity contribution in [2.24, 2.45) is 18.7 Å². The first kappa shape index (κ1) is 11.9. The molecule has 1 aromatic carbocycles. The SMILES string of the molecule is CC(C)Cn1c(=O)c2c(CN)cccc2n1C. The Morgan fingerprint density at radius 3 is 2.65 bits per heavy atom. The van der Waals surface area contributed by atoms with Gasteiger partial charge in [-0.2, -0.15) is 0 Å². The van der Waals surface area contributed by atoms with Crippen LogP contribution in [0.4, 0.5) is 0 Å². The topological polar surface area (TPSA) is 52.9 Å². The fourth-order valence-corrected chi connectivity index (χ4v) is 2.22. The van der Waals surface area contributed by atoms with Crippen LogP contribution in [-0.4, -0.2) is 9.36 Å². The van der Waals surface area contributed by atoms with Crippen LogP contribution in [0.5, 0.6) is 0 Å². The van der Waals surface area contributed by atoms with Crippen LogP contribution in [0.3, 0.4) is 0 Å². The monoisotopic (exact) mass is 233 g/mol. The van der Waals surface area contributed by atoms with Gasteiger partial charge in [0.15, 0.2) is 0 Å². The zero-order valence-corrected chi connectivity index (χ0v) is 10.6. The lowest BCUT2D eigenvalue weighted by molar-refractivity contribution is 0.424. The Hall–Kier alpha value is -1.55.